The molecule has 8 heteroatoms. The highest BCUT2D eigenvalue weighted by molar-refractivity contribution is 5.94. The number of methoxy groups -OCH3 is 1. The van der Waals surface area contributed by atoms with Crippen molar-refractivity contribution in [1.82, 2.24) is 20.5 Å². The number of carbonyl (C=O) groups is 1. The van der Waals surface area contributed by atoms with Crippen molar-refractivity contribution in [3.8, 4) is 5.75 Å². The van der Waals surface area contributed by atoms with E-state index < -0.39 is 0 Å². The molecule has 0 unspecified atom stereocenters. The fourth-order valence-electron chi connectivity index (χ4n) is 3.29. The predicted octanol–water partition coefficient (Wildman–Crippen LogP) is 1.61. The third-order valence-electron chi connectivity index (χ3n) is 4.90. The summed E-state index contributed by atoms with van der Waals surface area (Å²) in [5.41, 5.74) is 0.609. The lowest BCUT2D eigenvalue weighted by Crippen LogP contribution is -2.52. The molecule has 8 nitrogen and oxygen atoms in total. The Hall–Kier alpha value is -3.29. The fraction of sp³-hybridized carbons (Fsp3) is 0.409. The highest BCUT2D eigenvalue weighted by Crippen LogP contribution is 2.13. The quantitative estimate of drug-likeness (QED) is 0.410. The second-order valence-electron chi connectivity index (χ2n) is 6.88. The number of benzene rings is 1. The minimum absolute atomic E-state index is 0.109. The normalized spacial score (nSPS) is 14.4. The Morgan fingerprint density at radius 2 is 1.87 bits per heavy atom. The number of hydrogen-bond donors (Lipinski definition) is 2. The molecule has 1 amide bonds. The van der Waals surface area contributed by atoms with Crippen molar-refractivity contribution in [2.75, 3.05) is 57.8 Å². The van der Waals surface area contributed by atoms with Crippen LogP contribution in [0, 0.1) is 0 Å². The Kier molecular flexibility index (Phi) is 7.88. The van der Waals surface area contributed by atoms with Crippen molar-refractivity contribution in [3.63, 3.8) is 0 Å². The average Bonchev–Trinajstić information content (AvgIpc) is 2.81. The van der Waals surface area contributed by atoms with Crippen LogP contribution in [0.1, 0.15) is 17.3 Å². The Balaban J connectivity index is 1.48. The molecule has 2 aromatic rings. The second kappa shape index (κ2) is 11.0. The van der Waals surface area contributed by atoms with E-state index in [9.17, 15) is 4.79 Å². The molecule has 1 aliphatic rings. The standard InChI is InChI=1S/C22H30N6O2/c1-3-23-22(28-16-14-27(15-17-28)20-6-4-5-11-24-20)26-13-12-25-21(29)18-7-9-19(30-2)10-8-18/h4-11H,3,12-17H2,1-2H3,(H,23,26)(H,25,29). The average molecular weight is 411 g/mol. The maximum Gasteiger partial charge on any atom is 0.251 e. The summed E-state index contributed by atoms with van der Waals surface area (Å²) in [6.45, 7) is 7.41. The number of anilines is 1. The van der Waals surface area contributed by atoms with Crippen molar-refractivity contribution in [2.24, 2.45) is 4.99 Å². The molecular weight excluding hydrogens is 380 g/mol. The van der Waals surface area contributed by atoms with Crippen LogP contribution in [0.2, 0.25) is 0 Å². The number of piperazine rings is 1. The number of nitrogens with one attached hydrogen (secondary N) is 2. The van der Waals surface area contributed by atoms with E-state index in [-0.39, 0.29) is 5.91 Å². The molecule has 0 aliphatic carbocycles. The van der Waals surface area contributed by atoms with E-state index in [2.05, 4.69) is 32.3 Å². The van der Waals surface area contributed by atoms with Crippen LogP contribution in [-0.4, -0.2) is 74.7 Å². The number of pyridine rings is 1. The first kappa shape index (κ1) is 21.4. The Morgan fingerprint density at radius 3 is 2.50 bits per heavy atom. The summed E-state index contributed by atoms with van der Waals surface area (Å²) < 4.78 is 5.12. The highest BCUT2D eigenvalue weighted by Gasteiger charge is 2.20. The van der Waals surface area contributed by atoms with Crippen molar-refractivity contribution >= 4 is 17.7 Å². The molecule has 160 valence electrons. The van der Waals surface area contributed by atoms with Crippen LogP contribution in [0.25, 0.3) is 0 Å². The zero-order valence-electron chi connectivity index (χ0n) is 17.7. The summed E-state index contributed by atoms with van der Waals surface area (Å²) in [5.74, 6) is 2.52. The van der Waals surface area contributed by atoms with Crippen molar-refractivity contribution in [2.45, 2.75) is 6.92 Å². The number of nitrogens with zero attached hydrogens (tertiary/aromatic N) is 4. The van der Waals surface area contributed by atoms with Crippen molar-refractivity contribution in [3.05, 3.63) is 54.2 Å². The number of ether oxygens (including phenoxy) is 1. The van der Waals surface area contributed by atoms with Gasteiger partial charge in [-0.2, -0.15) is 0 Å². The van der Waals surface area contributed by atoms with Crippen molar-refractivity contribution in [1.29, 1.82) is 0 Å². The van der Waals surface area contributed by atoms with Gasteiger partial charge in [-0.15, -0.1) is 0 Å². The molecule has 0 bridgehead atoms. The van der Waals surface area contributed by atoms with Gasteiger partial charge >= 0.3 is 0 Å². The lowest BCUT2D eigenvalue weighted by Gasteiger charge is -2.37. The van der Waals surface area contributed by atoms with Gasteiger partial charge in [0.25, 0.3) is 5.91 Å². The number of rotatable bonds is 7. The lowest BCUT2D eigenvalue weighted by atomic mass is 10.2. The van der Waals surface area contributed by atoms with Crippen molar-refractivity contribution < 1.29 is 9.53 Å². The maximum atomic E-state index is 12.2. The van der Waals surface area contributed by atoms with Gasteiger partial charge in [0.15, 0.2) is 5.96 Å². The molecule has 0 radical (unpaired) electrons. The van der Waals surface area contributed by atoms with E-state index in [0.717, 1.165) is 50.3 Å². The Bertz CT molecular complexity index is 817. The van der Waals surface area contributed by atoms with Gasteiger partial charge in [0, 0.05) is 51.0 Å². The third-order valence-corrected chi connectivity index (χ3v) is 4.90. The molecule has 0 saturated carbocycles. The maximum absolute atomic E-state index is 12.2. The topological polar surface area (TPSA) is 82.1 Å². The summed E-state index contributed by atoms with van der Waals surface area (Å²) in [5, 5.41) is 6.27. The van der Waals surface area contributed by atoms with E-state index >= 15 is 0 Å². The van der Waals surface area contributed by atoms with Crippen LogP contribution >= 0.6 is 0 Å². The van der Waals surface area contributed by atoms with E-state index in [1.807, 2.05) is 24.4 Å². The molecule has 30 heavy (non-hydrogen) atoms. The molecule has 1 aromatic heterocycles. The highest BCUT2D eigenvalue weighted by atomic mass is 16.5. The Labute approximate surface area is 178 Å². The molecule has 1 aromatic carbocycles. The first-order valence-electron chi connectivity index (χ1n) is 10.3. The van der Waals surface area contributed by atoms with Crippen LogP contribution < -0.4 is 20.3 Å². The molecule has 0 spiro atoms. The van der Waals surface area contributed by atoms with Crippen LogP contribution in [0.5, 0.6) is 5.75 Å². The minimum atomic E-state index is -0.109. The molecular formula is C22H30N6O2. The monoisotopic (exact) mass is 410 g/mol. The summed E-state index contributed by atoms with van der Waals surface area (Å²) in [4.78, 5) is 25.9. The molecule has 1 aliphatic heterocycles. The summed E-state index contributed by atoms with van der Waals surface area (Å²) >= 11 is 0. The van der Waals surface area contributed by atoms with Gasteiger partial charge in [0.1, 0.15) is 11.6 Å². The number of aromatic nitrogens is 1. The lowest BCUT2D eigenvalue weighted by molar-refractivity contribution is 0.0954. The van der Waals surface area contributed by atoms with Gasteiger partial charge in [-0.3, -0.25) is 9.79 Å². The van der Waals surface area contributed by atoms with Gasteiger partial charge < -0.3 is 25.2 Å². The van der Waals surface area contributed by atoms with Crippen LogP contribution in [0.15, 0.2) is 53.7 Å². The molecule has 1 saturated heterocycles. The van der Waals surface area contributed by atoms with Gasteiger partial charge in [0.05, 0.1) is 13.7 Å². The fourth-order valence-corrected chi connectivity index (χ4v) is 3.29. The number of amides is 1. The van der Waals surface area contributed by atoms with E-state index in [4.69, 9.17) is 9.73 Å². The molecule has 2 heterocycles. The van der Waals surface area contributed by atoms with Crippen LogP contribution in [0.3, 0.4) is 0 Å². The van der Waals surface area contributed by atoms with Gasteiger partial charge in [-0.1, -0.05) is 6.07 Å². The predicted molar refractivity (Wildman–Crippen MR) is 119 cm³/mol. The largest absolute Gasteiger partial charge is 0.497 e. The number of hydrogen-bond acceptors (Lipinski definition) is 5. The second-order valence-corrected chi connectivity index (χ2v) is 6.88. The number of guanidine groups is 1. The zero-order chi connectivity index (χ0) is 21.2. The molecule has 3 rings (SSSR count). The van der Waals surface area contributed by atoms with E-state index in [1.54, 1.807) is 31.4 Å². The first-order valence-corrected chi connectivity index (χ1v) is 10.3. The summed E-state index contributed by atoms with van der Waals surface area (Å²) in [7, 11) is 1.60. The van der Waals surface area contributed by atoms with Gasteiger partial charge in [-0.25, -0.2) is 4.98 Å². The smallest absolute Gasteiger partial charge is 0.251 e. The molecule has 2 N–H and O–H groups in total. The molecule has 1 fully saturated rings. The third kappa shape index (κ3) is 5.85. The Morgan fingerprint density at radius 1 is 1.10 bits per heavy atom. The number of carbonyl (C=O) groups excluding carboxylic acids is 1. The van der Waals surface area contributed by atoms with E-state index in [1.165, 1.54) is 0 Å². The number of aliphatic imine (C=N–C) groups is 1. The zero-order valence-corrected chi connectivity index (χ0v) is 17.7. The first-order chi connectivity index (χ1) is 14.7. The van der Waals surface area contributed by atoms with Gasteiger partial charge in [0.2, 0.25) is 0 Å². The minimum Gasteiger partial charge on any atom is -0.497 e. The van der Waals surface area contributed by atoms with Crippen LogP contribution in [0.4, 0.5) is 5.82 Å². The summed E-state index contributed by atoms with van der Waals surface area (Å²) in [6.07, 6.45) is 1.83. The van der Waals surface area contributed by atoms with Crippen LogP contribution in [-0.2, 0) is 0 Å². The summed E-state index contributed by atoms with van der Waals surface area (Å²) in [6, 6.07) is 13.1. The molecule has 0 atom stereocenters. The van der Waals surface area contributed by atoms with Gasteiger partial charge in [-0.05, 0) is 43.3 Å². The van der Waals surface area contributed by atoms with E-state index in [0.29, 0.717) is 18.7 Å². The SMILES string of the molecule is CCNC(=NCCNC(=O)c1ccc(OC)cc1)N1CCN(c2ccccn2)CC1.